The van der Waals surface area contributed by atoms with Crippen LogP contribution in [0.5, 0.6) is 5.75 Å². The Morgan fingerprint density at radius 2 is 1.81 bits per heavy atom. The van der Waals surface area contributed by atoms with E-state index in [4.69, 9.17) is 4.74 Å². The van der Waals surface area contributed by atoms with Crippen LogP contribution in [0.25, 0.3) is 0 Å². The molecule has 1 aromatic rings. The smallest absolute Gasteiger partial charge is 0.253 e. The van der Waals surface area contributed by atoms with E-state index >= 15 is 0 Å². The van der Waals surface area contributed by atoms with Gasteiger partial charge in [0.05, 0.1) is 12.8 Å². The molecule has 0 spiro atoms. The number of methoxy groups -OCH3 is 1. The van der Waals surface area contributed by atoms with Gasteiger partial charge in [-0.05, 0) is 31.0 Å². The van der Waals surface area contributed by atoms with Crippen molar-refractivity contribution in [3.8, 4) is 5.75 Å². The maximum absolute atomic E-state index is 12.9. The van der Waals surface area contributed by atoms with Gasteiger partial charge in [0, 0.05) is 45.1 Å². The number of hydrogen-bond donors (Lipinski definition) is 1. The normalized spacial score (nSPS) is 14.6. The molecule has 1 aliphatic heterocycles. The van der Waals surface area contributed by atoms with E-state index < -0.39 is 0 Å². The lowest BCUT2D eigenvalue weighted by atomic mass is 10.1. The number of nitrogens with one attached hydrogen (secondary N) is 1. The molecule has 142 valence electrons. The van der Waals surface area contributed by atoms with Crippen molar-refractivity contribution in [2.75, 3.05) is 38.6 Å². The van der Waals surface area contributed by atoms with Gasteiger partial charge in [0.1, 0.15) is 5.75 Å². The second kappa shape index (κ2) is 9.22. The molecule has 3 amide bonds. The molecule has 26 heavy (non-hydrogen) atoms. The van der Waals surface area contributed by atoms with Crippen LogP contribution in [0.3, 0.4) is 0 Å². The van der Waals surface area contributed by atoms with Crippen molar-refractivity contribution in [2.45, 2.75) is 33.1 Å². The average Bonchev–Trinajstić information content (AvgIpc) is 2.87. The van der Waals surface area contributed by atoms with Gasteiger partial charge in [-0.3, -0.25) is 14.4 Å². The van der Waals surface area contributed by atoms with Crippen LogP contribution >= 0.6 is 0 Å². The van der Waals surface area contributed by atoms with Gasteiger partial charge in [-0.2, -0.15) is 0 Å². The molecule has 1 aliphatic rings. The summed E-state index contributed by atoms with van der Waals surface area (Å²) in [5.41, 5.74) is 0.961. The largest absolute Gasteiger partial charge is 0.495 e. The van der Waals surface area contributed by atoms with Crippen LogP contribution in [0.4, 0.5) is 5.69 Å². The first-order chi connectivity index (χ1) is 12.5. The van der Waals surface area contributed by atoms with Crippen molar-refractivity contribution in [1.82, 2.24) is 9.80 Å². The summed E-state index contributed by atoms with van der Waals surface area (Å²) in [4.78, 5) is 39.9. The molecule has 0 saturated carbocycles. The summed E-state index contributed by atoms with van der Waals surface area (Å²) in [7, 11) is 1.51. The second-order valence-corrected chi connectivity index (χ2v) is 6.37. The molecular formula is C19H27N3O4. The molecule has 1 heterocycles. The lowest BCUT2D eigenvalue weighted by molar-refractivity contribution is -0.131. The van der Waals surface area contributed by atoms with Gasteiger partial charge in [0.15, 0.2) is 0 Å². The summed E-state index contributed by atoms with van der Waals surface area (Å²) in [6.45, 7) is 5.75. The van der Waals surface area contributed by atoms with Crippen molar-refractivity contribution in [2.24, 2.45) is 0 Å². The van der Waals surface area contributed by atoms with E-state index in [-0.39, 0.29) is 17.7 Å². The number of nitrogens with zero attached hydrogens (tertiary/aromatic N) is 2. The SMILES string of the molecule is CCCC(=O)N1CCCN(C(=O)c2ccc(OC)c(NC(C)=O)c2)CC1. The highest BCUT2D eigenvalue weighted by atomic mass is 16.5. The standard InChI is InChI=1S/C19H27N3O4/c1-4-6-18(24)21-9-5-10-22(12-11-21)19(25)15-7-8-17(26-3)16(13-15)20-14(2)23/h7-8,13H,4-6,9-12H2,1-3H3,(H,20,23). The highest BCUT2D eigenvalue weighted by Crippen LogP contribution is 2.26. The van der Waals surface area contributed by atoms with Crippen molar-refractivity contribution < 1.29 is 19.1 Å². The summed E-state index contributed by atoms with van der Waals surface area (Å²) in [5.74, 6) is 0.319. The molecule has 7 nitrogen and oxygen atoms in total. The third kappa shape index (κ3) is 4.97. The van der Waals surface area contributed by atoms with Crippen LogP contribution in [0, 0.1) is 0 Å². The summed E-state index contributed by atoms with van der Waals surface area (Å²) in [6.07, 6.45) is 2.14. The number of ether oxygens (including phenoxy) is 1. The maximum atomic E-state index is 12.9. The fourth-order valence-electron chi connectivity index (χ4n) is 3.05. The van der Waals surface area contributed by atoms with E-state index in [1.54, 1.807) is 23.1 Å². The first-order valence-electron chi connectivity index (χ1n) is 8.99. The summed E-state index contributed by atoms with van der Waals surface area (Å²) < 4.78 is 5.23. The monoisotopic (exact) mass is 361 g/mol. The molecule has 0 unspecified atom stereocenters. The Hall–Kier alpha value is -2.57. The van der Waals surface area contributed by atoms with E-state index in [1.165, 1.54) is 14.0 Å². The van der Waals surface area contributed by atoms with Gasteiger partial charge in [-0.25, -0.2) is 0 Å². The summed E-state index contributed by atoms with van der Waals surface area (Å²) in [6, 6.07) is 5.00. The maximum Gasteiger partial charge on any atom is 0.253 e. The minimum absolute atomic E-state index is 0.107. The van der Waals surface area contributed by atoms with Gasteiger partial charge in [0.2, 0.25) is 11.8 Å². The van der Waals surface area contributed by atoms with Gasteiger partial charge >= 0.3 is 0 Å². The van der Waals surface area contributed by atoms with Crippen LogP contribution in [-0.4, -0.2) is 60.8 Å². The van der Waals surface area contributed by atoms with Gasteiger partial charge in [-0.15, -0.1) is 0 Å². The molecule has 2 rings (SSSR count). The number of carbonyl (C=O) groups excluding carboxylic acids is 3. The van der Waals surface area contributed by atoms with Gasteiger partial charge in [0.25, 0.3) is 5.91 Å². The zero-order valence-electron chi connectivity index (χ0n) is 15.7. The first-order valence-corrected chi connectivity index (χ1v) is 8.99. The predicted octanol–water partition coefficient (Wildman–Crippen LogP) is 2.13. The van der Waals surface area contributed by atoms with E-state index in [2.05, 4.69) is 5.32 Å². The number of rotatable bonds is 5. The van der Waals surface area contributed by atoms with Crippen molar-refractivity contribution in [1.29, 1.82) is 0 Å². The lowest BCUT2D eigenvalue weighted by Crippen LogP contribution is -2.37. The minimum Gasteiger partial charge on any atom is -0.495 e. The Morgan fingerprint density at radius 3 is 2.46 bits per heavy atom. The van der Waals surface area contributed by atoms with E-state index in [0.29, 0.717) is 49.6 Å². The quantitative estimate of drug-likeness (QED) is 0.871. The topological polar surface area (TPSA) is 79.0 Å². The summed E-state index contributed by atoms with van der Waals surface area (Å²) in [5, 5.41) is 2.68. The molecule has 0 bridgehead atoms. The third-order valence-corrected chi connectivity index (χ3v) is 4.36. The minimum atomic E-state index is -0.229. The van der Waals surface area contributed by atoms with Crippen LogP contribution in [0.1, 0.15) is 43.5 Å². The Labute approximate surface area is 154 Å². The fourth-order valence-corrected chi connectivity index (χ4v) is 3.05. The fraction of sp³-hybridized carbons (Fsp3) is 0.526. The van der Waals surface area contributed by atoms with Crippen LogP contribution in [0.2, 0.25) is 0 Å². The zero-order valence-corrected chi connectivity index (χ0v) is 15.7. The number of benzene rings is 1. The number of carbonyl (C=O) groups is 3. The molecular weight excluding hydrogens is 334 g/mol. The van der Waals surface area contributed by atoms with Crippen LogP contribution in [-0.2, 0) is 9.59 Å². The summed E-state index contributed by atoms with van der Waals surface area (Å²) >= 11 is 0. The molecule has 1 aromatic carbocycles. The number of anilines is 1. The van der Waals surface area contributed by atoms with Crippen molar-refractivity contribution in [3.63, 3.8) is 0 Å². The molecule has 0 aromatic heterocycles. The Bertz CT molecular complexity index is 675. The first kappa shape index (κ1) is 19.8. The van der Waals surface area contributed by atoms with Gasteiger partial charge < -0.3 is 19.9 Å². The highest BCUT2D eigenvalue weighted by molar-refractivity contribution is 5.98. The van der Waals surface area contributed by atoms with Crippen LogP contribution in [0.15, 0.2) is 18.2 Å². The highest BCUT2D eigenvalue weighted by Gasteiger charge is 2.23. The van der Waals surface area contributed by atoms with Crippen molar-refractivity contribution in [3.05, 3.63) is 23.8 Å². The molecule has 1 fully saturated rings. The molecule has 1 saturated heterocycles. The predicted molar refractivity (Wildman–Crippen MR) is 99.3 cm³/mol. The molecule has 0 radical (unpaired) electrons. The molecule has 1 N–H and O–H groups in total. The molecule has 7 heteroatoms. The van der Waals surface area contributed by atoms with E-state index in [0.717, 1.165) is 12.8 Å². The van der Waals surface area contributed by atoms with Gasteiger partial charge in [-0.1, -0.05) is 6.92 Å². The van der Waals surface area contributed by atoms with E-state index in [9.17, 15) is 14.4 Å². The zero-order chi connectivity index (χ0) is 19.1. The Kier molecular flexibility index (Phi) is 7.00. The average molecular weight is 361 g/mol. The van der Waals surface area contributed by atoms with Crippen LogP contribution < -0.4 is 10.1 Å². The van der Waals surface area contributed by atoms with E-state index in [1.807, 2.05) is 11.8 Å². The van der Waals surface area contributed by atoms with Crippen molar-refractivity contribution >= 4 is 23.4 Å². The Morgan fingerprint density at radius 1 is 1.12 bits per heavy atom. The molecule has 0 atom stereocenters. The third-order valence-electron chi connectivity index (χ3n) is 4.36. The number of hydrogen-bond acceptors (Lipinski definition) is 4. The molecule has 0 aliphatic carbocycles. The second-order valence-electron chi connectivity index (χ2n) is 6.37. The number of amides is 3. The Balaban J connectivity index is 2.11. The lowest BCUT2D eigenvalue weighted by Gasteiger charge is -2.22.